The quantitative estimate of drug-likeness (QED) is 0.0464. The molecule has 0 unspecified atom stereocenters. The highest BCUT2D eigenvalue weighted by atomic mass is 16.8. The van der Waals surface area contributed by atoms with Gasteiger partial charge in [0.1, 0.15) is 79.9 Å². The number of hydrogen-bond acceptors (Lipinski definition) is 21. The van der Waals surface area contributed by atoms with Gasteiger partial charge >= 0.3 is 5.97 Å². The number of aliphatic hydroxyl groups is 9. The van der Waals surface area contributed by atoms with Crippen LogP contribution >= 0.6 is 0 Å². The third-order valence-electron chi connectivity index (χ3n) is 9.62. The van der Waals surface area contributed by atoms with E-state index in [9.17, 15) is 66.1 Å². The van der Waals surface area contributed by atoms with Gasteiger partial charge in [-0.2, -0.15) is 0 Å². The monoisotopic (exact) mass is 816 g/mol. The van der Waals surface area contributed by atoms with E-state index in [0.717, 1.165) is 6.08 Å². The van der Waals surface area contributed by atoms with Crippen LogP contribution < -0.4 is 4.74 Å². The summed E-state index contributed by atoms with van der Waals surface area (Å²) < 4.78 is 45.4. The fourth-order valence-electron chi connectivity index (χ4n) is 6.32. The molecule has 3 fully saturated rings. The second-order valence-electron chi connectivity index (χ2n) is 13.5. The minimum absolute atomic E-state index is 0.0632. The lowest BCUT2D eigenvalue weighted by Crippen LogP contribution is -2.67. The van der Waals surface area contributed by atoms with Crippen LogP contribution in [0.25, 0.3) is 6.08 Å². The lowest BCUT2D eigenvalue weighted by molar-refractivity contribution is -0.391. The van der Waals surface area contributed by atoms with Crippen LogP contribution in [0.1, 0.15) is 11.1 Å². The average Bonchev–Trinajstić information content (AvgIpc) is 3.20. The molecule has 3 aliphatic rings. The first-order valence-electron chi connectivity index (χ1n) is 17.8. The normalized spacial score (nSPS) is 35.9. The third-order valence-corrected chi connectivity index (χ3v) is 9.62. The first-order valence-corrected chi connectivity index (χ1v) is 17.8. The van der Waals surface area contributed by atoms with Gasteiger partial charge in [0.05, 0.1) is 26.9 Å². The van der Waals surface area contributed by atoms with Gasteiger partial charge < -0.3 is 99.2 Å². The summed E-state index contributed by atoms with van der Waals surface area (Å²) in [5.41, 5.74) is 0.928. The van der Waals surface area contributed by atoms with E-state index in [4.69, 9.17) is 37.9 Å². The Kier molecular flexibility index (Phi) is 15.4. The van der Waals surface area contributed by atoms with Crippen LogP contribution in [0.4, 0.5) is 0 Å². The molecule has 0 spiro atoms. The minimum atomic E-state index is -1.99. The first kappa shape index (κ1) is 44.4. The van der Waals surface area contributed by atoms with Crippen molar-refractivity contribution in [3.05, 3.63) is 53.6 Å². The molecule has 3 heterocycles. The number of carbonyl (C=O) groups excluding carboxylic acids is 1. The number of aliphatic hydroxyl groups excluding tert-OH is 9. The predicted molar refractivity (Wildman–Crippen MR) is 186 cm³/mol. The SMILES string of the molecule is COc1cc(C=CC(=O)OC[C@H]2O[C@@H](OCCc3ccc(O)c(O)c3)[C@H](O[C@@H]3O[C@H](CO)[C@@H](O)[C@H](O)[C@H]3O)[C@@H](O[C@@H]3O[C@H](CO)[C@@H](O)[C@H](O)[C@H]3O)[C@@H]2O)ccc1O. The van der Waals surface area contributed by atoms with Gasteiger partial charge in [0.25, 0.3) is 0 Å². The molecule has 2 aromatic rings. The highest BCUT2D eigenvalue weighted by molar-refractivity contribution is 5.87. The molecule has 15 atom stereocenters. The molecule has 12 N–H and O–H groups in total. The molecule has 2 aromatic carbocycles. The van der Waals surface area contributed by atoms with Gasteiger partial charge in [-0.05, 0) is 47.9 Å². The summed E-state index contributed by atoms with van der Waals surface area (Å²) in [5, 5.41) is 124. The largest absolute Gasteiger partial charge is 0.504 e. The third kappa shape index (κ3) is 10.5. The van der Waals surface area contributed by atoms with Crippen molar-refractivity contribution in [3.8, 4) is 23.0 Å². The van der Waals surface area contributed by atoms with Gasteiger partial charge in [-0.1, -0.05) is 12.1 Å². The van der Waals surface area contributed by atoms with Crippen molar-refractivity contribution in [2.75, 3.05) is 33.5 Å². The van der Waals surface area contributed by atoms with Crippen LogP contribution in [0.3, 0.4) is 0 Å². The number of phenols is 3. The van der Waals surface area contributed by atoms with Gasteiger partial charge in [-0.3, -0.25) is 0 Å². The average molecular weight is 817 g/mol. The van der Waals surface area contributed by atoms with E-state index >= 15 is 0 Å². The zero-order chi connectivity index (χ0) is 41.6. The van der Waals surface area contributed by atoms with Crippen LogP contribution in [0, 0.1) is 0 Å². The molecule has 0 aliphatic carbocycles. The van der Waals surface area contributed by atoms with Crippen LogP contribution in [0.5, 0.6) is 23.0 Å². The highest BCUT2D eigenvalue weighted by Crippen LogP contribution is 2.35. The van der Waals surface area contributed by atoms with Crippen molar-refractivity contribution in [2.45, 2.75) is 98.5 Å². The van der Waals surface area contributed by atoms with Crippen molar-refractivity contribution in [2.24, 2.45) is 0 Å². The topological polar surface area (TPSA) is 334 Å². The maximum absolute atomic E-state index is 12.8. The van der Waals surface area contributed by atoms with Crippen molar-refractivity contribution < 1.29 is 104 Å². The Morgan fingerprint density at radius 3 is 1.82 bits per heavy atom. The van der Waals surface area contributed by atoms with Crippen molar-refractivity contribution in [3.63, 3.8) is 0 Å². The predicted octanol–water partition coefficient (Wildman–Crippen LogP) is -3.92. The summed E-state index contributed by atoms with van der Waals surface area (Å²) >= 11 is 0. The van der Waals surface area contributed by atoms with E-state index in [1.54, 1.807) is 0 Å². The second-order valence-corrected chi connectivity index (χ2v) is 13.5. The number of aromatic hydroxyl groups is 3. The number of carbonyl (C=O) groups is 1. The summed E-state index contributed by atoms with van der Waals surface area (Å²) in [7, 11) is 1.34. The van der Waals surface area contributed by atoms with E-state index in [1.807, 2.05) is 0 Å². The number of phenolic OH excluding ortho intramolecular Hbond substituents is 3. The fourth-order valence-corrected chi connectivity index (χ4v) is 6.32. The molecule has 21 heteroatoms. The molecule has 57 heavy (non-hydrogen) atoms. The number of esters is 1. The highest BCUT2D eigenvalue weighted by Gasteiger charge is 2.54. The number of methoxy groups -OCH3 is 1. The zero-order valence-electron chi connectivity index (χ0n) is 30.4. The van der Waals surface area contributed by atoms with Gasteiger partial charge in [0, 0.05) is 6.08 Å². The van der Waals surface area contributed by atoms with E-state index in [-0.39, 0.29) is 30.3 Å². The minimum Gasteiger partial charge on any atom is -0.504 e. The van der Waals surface area contributed by atoms with Gasteiger partial charge in [0.15, 0.2) is 41.9 Å². The van der Waals surface area contributed by atoms with Gasteiger partial charge in [-0.25, -0.2) is 4.79 Å². The molecule has 0 saturated carbocycles. The van der Waals surface area contributed by atoms with Gasteiger partial charge in [0.2, 0.25) is 0 Å². The second kappa shape index (κ2) is 19.8. The maximum Gasteiger partial charge on any atom is 0.330 e. The van der Waals surface area contributed by atoms with Crippen molar-refractivity contribution in [1.29, 1.82) is 0 Å². The molecule has 5 rings (SSSR count). The number of ether oxygens (including phenoxy) is 8. The molecule has 3 aliphatic heterocycles. The molecule has 318 valence electrons. The number of benzene rings is 2. The zero-order valence-corrected chi connectivity index (χ0v) is 30.4. The van der Waals surface area contributed by atoms with E-state index < -0.39 is 124 Å². The first-order chi connectivity index (χ1) is 27.2. The van der Waals surface area contributed by atoms with E-state index in [2.05, 4.69) is 0 Å². The molecule has 3 saturated heterocycles. The Morgan fingerprint density at radius 2 is 1.25 bits per heavy atom. The van der Waals surface area contributed by atoms with Crippen LogP contribution in [0.2, 0.25) is 0 Å². The standard InChI is InChI=1S/C36H48O21/c1-50-20-11-15(3-6-18(20)40)4-7-24(42)52-14-23-27(45)32(56-34-30(48)28(46)25(43)21(12-37)53-34)33(57-35-31(49)29(47)26(44)22(13-38)54-35)36(55-23)51-9-8-16-2-5-17(39)19(41)10-16/h2-7,10-11,21-23,25-41,43-49H,8-9,12-14H2,1H3/t21-,22-,23-,25-,26-,27-,28+,29+,30-,31-,32+,33-,34+,35+,36-/m1/s1. The molecule has 0 aromatic heterocycles. The molecular formula is C36H48O21. The Morgan fingerprint density at radius 1 is 0.667 bits per heavy atom. The lowest BCUT2D eigenvalue weighted by atomic mass is 9.96. The van der Waals surface area contributed by atoms with Gasteiger partial charge in [-0.15, -0.1) is 0 Å². The summed E-state index contributed by atoms with van der Waals surface area (Å²) in [5.74, 6) is -1.70. The van der Waals surface area contributed by atoms with E-state index in [1.165, 1.54) is 49.6 Å². The molecule has 0 amide bonds. The van der Waals surface area contributed by atoms with Crippen molar-refractivity contribution in [1.82, 2.24) is 0 Å². The Hall–Kier alpha value is -3.75. The fraction of sp³-hybridized carbons (Fsp3) is 0.583. The lowest BCUT2D eigenvalue weighted by Gasteiger charge is -2.49. The maximum atomic E-state index is 12.8. The molecule has 0 bridgehead atoms. The molecule has 0 radical (unpaired) electrons. The smallest absolute Gasteiger partial charge is 0.330 e. The number of rotatable bonds is 15. The summed E-state index contributed by atoms with van der Waals surface area (Å²) in [6.45, 7) is -2.59. The van der Waals surface area contributed by atoms with Crippen LogP contribution in [0.15, 0.2) is 42.5 Å². The Balaban J connectivity index is 1.43. The summed E-state index contributed by atoms with van der Waals surface area (Å²) in [6.07, 6.45) is -24.3. The number of hydrogen-bond donors (Lipinski definition) is 12. The molecular weight excluding hydrogens is 768 g/mol. The van der Waals surface area contributed by atoms with Crippen molar-refractivity contribution >= 4 is 12.0 Å². The molecule has 21 nitrogen and oxygen atoms in total. The summed E-state index contributed by atoms with van der Waals surface area (Å²) in [6, 6.07) is 8.28. The van der Waals surface area contributed by atoms with Crippen LogP contribution in [-0.2, 0) is 44.4 Å². The Bertz CT molecular complexity index is 1640. The Labute approximate surface area is 324 Å². The van der Waals surface area contributed by atoms with E-state index in [0.29, 0.717) is 11.1 Å². The van der Waals surface area contributed by atoms with Crippen LogP contribution in [-0.4, -0.2) is 193 Å². The summed E-state index contributed by atoms with van der Waals surface area (Å²) in [4.78, 5) is 12.8.